The number of carbonyl (C=O) groups is 1. The molecule has 1 atom stereocenters. The number of benzene rings is 1. The molecule has 0 spiro atoms. The largest absolute Gasteiger partial charge is 0.497 e. The number of ether oxygens (including phenoxy) is 1. The van der Waals surface area contributed by atoms with Crippen molar-refractivity contribution in [2.24, 2.45) is 0 Å². The number of rotatable bonds is 5. The van der Waals surface area contributed by atoms with Gasteiger partial charge in [-0.05, 0) is 69.0 Å². The Hall–Kier alpha value is -1.81. The second-order valence-electron chi connectivity index (χ2n) is 6.80. The number of amides is 1. The van der Waals surface area contributed by atoms with Gasteiger partial charge in [-0.1, -0.05) is 12.1 Å². The van der Waals surface area contributed by atoms with E-state index in [9.17, 15) is 4.79 Å². The minimum absolute atomic E-state index is 0.148. The summed E-state index contributed by atoms with van der Waals surface area (Å²) in [6.07, 6.45) is 9.74. The first-order chi connectivity index (χ1) is 11.8. The van der Waals surface area contributed by atoms with Gasteiger partial charge in [0.2, 0.25) is 5.91 Å². The highest BCUT2D eigenvalue weighted by Crippen LogP contribution is 2.21. The van der Waals surface area contributed by atoms with Gasteiger partial charge in [-0.15, -0.1) is 0 Å². The van der Waals surface area contributed by atoms with Gasteiger partial charge in [-0.25, -0.2) is 0 Å². The second kappa shape index (κ2) is 8.34. The van der Waals surface area contributed by atoms with Gasteiger partial charge in [0.05, 0.1) is 7.11 Å². The Kier molecular flexibility index (Phi) is 5.91. The van der Waals surface area contributed by atoms with Crippen LogP contribution in [0.15, 0.2) is 30.3 Å². The molecule has 130 valence electrons. The van der Waals surface area contributed by atoms with E-state index in [2.05, 4.69) is 9.80 Å². The fourth-order valence-corrected chi connectivity index (χ4v) is 3.72. The highest BCUT2D eigenvalue weighted by atomic mass is 16.5. The normalized spacial score (nSPS) is 22.2. The predicted octanol–water partition coefficient (Wildman–Crippen LogP) is 3.19. The SMILES string of the molecule is COc1ccc(C=CC(=O)N2CCCCC2CN2CCCC2)cc1. The summed E-state index contributed by atoms with van der Waals surface area (Å²) in [5.74, 6) is 0.981. The monoisotopic (exact) mass is 328 g/mol. The van der Waals surface area contributed by atoms with Gasteiger partial charge in [0.1, 0.15) is 5.75 Å². The lowest BCUT2D eigenvalue weighted by Crippen LogP contribution is -2.48. The van der Waals surface area contributed by atoms with Crippen LogP contribution in [0.25, 0.3) is 6.08 Å². The van der Waals surface area contributed by atoms with Crippen molar-refractivity contribution in [2.75, 3.05) is 33.3 Å². The maximum atomic E-state index is 12.7. The lowest BCUT2D eigenvalue weighted by molar-refractivity contribution is -0.129. The van der Waals surface area contributed by atoms with E-state index in [0.717, 1.165) is 37.2 Å². The lowest BCUT2D eigenvalue weighted by atomic mass is 10.0. The molecule has 0 N–H and O–H groups in total. The van der Waals surface area contributed by atoms with Gasteiger partial charge in [0, 0.05) is 25.2 Å². The van der Waals surface area contributed by atoms with Crippen LogP contribution >= 0.6 is 0 Å². The van der Waals surface area contributed by atoms with Crippen LogP contribution in [0.5, 0.6) is 5.75 Å². The number of piperidine rings is 1. The molecule has 2 fully saturated rings. The lowest BCUT2D eigenvalue weighted by Gasteiger charge is -2.37. The fraction of sp³-hybridized carbons (Fsp3) is 0.550. The molecule has 1 aromatic carbocycles. The molecule has 2 aliphatic rings. The van der Waals surface area contributed by atoms with Crippen LogP contribution in [0.3, 0.4) is 0 Å². The molecule has 4 heteroatoms. The molecule has 0 radical (unpaired) electrons. The van der Waals surface area contributed by atoms with E-state index < -0.39 is 0 Å². The van der Waals surface area contributed by atoms with Crippen molar-refractivity contribution >= 4 is 12.0 Å². The van der Waals surface area contributed by atoms with Gasteiger partial charge < -0.3 is 14.5 Å². The van der Waals surface area contributed by atoms with Crippen molar-refractivity contribution in [3.63, 3.8) is 0 Å². The number of hydrogen-bond donors (Lipinski definition) is 0. The van der Waals surface area contributed by atoms with Crippen LogP contribution in [0, 0.1) is 0 Å². The average molecular weight is 328 g/mol. The van der Waals surface area contributed by atoms with Crippen LogP contribution in [0.1, 0.15) is 37.7 Å². The van der Waals surface area contributed by atoms with Gasteiger partial charge in [0.25, 0.3) is 0 Å². The first-order valence-electron chi connectivity index (χ1n) is 9.11. The Morgan fingerprint density at radius 2 is 1.83 bits per heavy atom. The number of carbonyl (C=O) groups excluding carboxylic acids is 1. The summed E-state index contributed by atoms with van der Waals surface area (Å²) in [6, 6.07) is 8.16. The Balaban J connectivity index is 1.61. The molecular weight excluding hydrogens is 300 g/mol. The third-order valence-electron chi connectivity index (χ3n) is 5.11. The molecule has 0 aromatic heterocycles. The van der Waals surface area contributed by atoms with E-state index in [1.54, 1.807) is 13.2 Å². The summed E-state index contributed by atoms with van der Waals surface area (Å²) in [4.78, 5) is 17.3. The van der Waals surface area contributed by atoms with Crippen molar-refractivity contribution in [2.45, 2.75) is 38.1 Å². The molecule has 24 heavy (non-hydrogen) atoms. The van der Waals surface area contributed by atoms with Crippen molar-refractivity contribution in [3.05, 3.63) is 35.9 Å². The first-order valence-corrected chi connectivity index (χ1v) is 9.11. The standard InChI is InChI=1S/C20H28N2O2/c1-24-19-10-7-17(8-11-19)9-12-20(23)22-15-3-2-6-18(22)16-21-13-4-5-14-21/h7-12,18H,2-6,13-16H2,1H3. The van der Waals surface area contributed by atoms with Gasteiger partial charge in [0.15, 0.2) is 0 Å². The van der Waals surface area contributed by atoms with E-state index in [4.69, 9.17) is 4.74 Å². The smallest absolute Gasteiger partial charge is 0.246 e. The van der Waals surface area contributed by atoms with Crippen LogP contribution in [-0.4, -0.2) is 55.0 Å². The molecule has 0 saturated carbocycles. The number of methoxy groups -OCH3 is 1. The van der Waals surface area contributed by atoms with E-state index in [1.165, 1.54) is 32.4 Å². The van der Waals surface area contributed by atoms with E-state index in [0.29, 0.717) is 6.04 Å². The zero-order chi connectivity index (χ0) is 16.8. The summed E-state index contributed by atoms with van der Waals surface area (Å²) in [5, 5.41) is 0. The summed E-state index contributed by atoms with van der Waals surface area (Å²) >= 11 is 0. The van der Waals surface area contributed by atoms with Crippen LogP contribution < -0.4 is 4.74 Å². The minimum Gasteiger partial charge on any atom is -0.497 e. The third kappa shape index (κ3) is 4.38. The van der Waals surface area contributed by atoms with Crippen molar-refractivity contribution in [3.8, 4) is 5.75 Å². The molecule has 2 saturated heterocycles. The third-order valence-corrected chi connectivity index (χ3v) is 5.11. The Morgan fingerprint density at radius 1 is 1.12 bits per heavy atom. The minimum atomic E-state index is 0.148. The van der Waals surface area contributed by atoms with Crippen LogP contribution in [-0.2, 0) is 4.79 Å². The Morgan fingerprint density at radius 3 is 2.54 bits per heavy atom. The van der Waals surface area contributed by atoms with Gasteiger partial charge in [-0.3, -0.25) is 4.79 Å². The molecule has 1 unspecified atom stereocenters. The van der Waals surface area contributed by atoms with Gasteiger partial charge in [-0.2, -0.15) is 0 Å². The molecule has 3 rings (SSSR count). The summed E-state index contributed by atoms with van der Waals surface area (Å²) in [5.41, 5.74) is 1.03. The zero-order valence-electron chi connectivity index (χ0n) is 14.6. The first kappa shape index (κ1) is 17.0. The summed E-state index contributed by atoms with van der Waals surface area (Å²) in [6.45, 7) is 4.33. The molecule has 0 aliphatic carbocycles. The maximum Gasteiger partial charge on any atom is 0.246 e. The Bertz CT molecular complexity index is 562. The maximum absolute atomic E-state index is 12.7. The quantitative estimate of drug-likeness (QED) is 0.778. The van der Waals surface area contributed by atoms with Gasteiger partial charge >= 0.3 is 0 Å². The van der Waals surface area contributed by atoms with E-state index >= 15 is 0 Å². The average Bonchev–Trinajstić information content (AvgIpc) is 3.13. The summed E-state index contributed by atoms with van der Waals surface area (Å²) in [7, 11) is 1.66. The molecular formula is C20H28N2O2. The predicted molar refractivity (Wildman–Crippen MR) is 97.1 cm³/mol. The number of nitrogens with zero attached hydrogens (tertiary/aromatic N) is 2. The molecule has 0 bridgehead atoms. The Labute approximate surface area is 145 Å². The molecule has 4 nitrogen and oxygen atoms in total. The highest BCUT2D eigenvalue weighted by molar-refractivity contribution is 5.92. The van der Waals surface area contributed by atoms with Crippen molar-refractivity contribution in [1.29, 1.82) is 0 Å². The molecule has 1 aromatic rings. The molecule has 1 amide bonds. The highest BCUT2D eigenvalue weighted by Gasteiger charge is 2.27. The molecule has 2 heterocycles. The number of hydrogen-bond acceptors (Lipinski definition) is 3. The van der Waals surface area contributed by atoms with Crippen molar-refractivity contribution < 1.29 is 9.53 Å². The van der Waals surface area contributed by atoms with E-state index in [1.807, 2.05) is 30.3 Å². The fourth-order valence-electron chi connectivity index (χ4n) is 3.72. The zero-order valence-corrected chi connectivity index (χ0v) is 14.6. The van der Waals surface area contributed by atoms with Crippen LogP contribution in [0.4, 0.5) is 0 Å². The van der Waals surface area contributed by atoms with Crippen molar-refractivity contribution in [1.82, 2.24) is 9.80 Å². The topological polar surface area (TPSA) is 32.8 Å². The second-order valence-corrected chi connectivity index (χ2v) is 6.80. The molecule has 2 aliphatic heterocycles. The van der Waals surface area contributed by atoms with E-state index in [-0.39, 0.29) is 5.91 Å². The van der Waals surface area contributed by atoms with Crippen LogP contribution in [0.2, 0.25) is 0 Å². The number of likely N-dealkylation sites (tertiary alicyclic amines) is 2. The summed E-state index contributed by atoms with van der Waals surface area (Å²) < 4.78 is 5.16.